The number of hydrazine groups is 1. The summed E-state index contributed by atoms with van der Waals surface area (Å²) < 4.78 is 12.5. The number of aliphatic hydroxyl groups is 2. The van der Waals surface area contributed by atoms with Crippen molar-refractivity contribution in [2.75, 3.05) is 19.5 Å². The summed E-state index contributed by atoms with van der Waals surface area (Å²) in [4.78, 5) is 34.8. The zero-order chi connectivity index (χ0) is 27.0. The van der Waals surface area contributed by atoms with Gasteiger partial charge in [-0.05, 0) is 30.7 Å². The number of nitrogens with two attached hydrogens (primary N) is 1. The van der Waals surface area contributed by atoms with Crippen LogP contribution in [0.15, 0.2) is 43.1 Å². The van der Waals surface area contributed by atoms with Crippen LogP contribution in [0.4, 0.5) is 5.82 Å². The summed E-state index contributed by atoms with van der Waals surface area (Å²) in [6.45, 7) is 2.34. The lowest BCUT2D eigenvalue weighted by Crippen LogP contribution is -2.46. The number of aromatic nitrogens is 6. The molecule has 0 aliphatic carbocycles. The van der Waals surface area contributed by atoms with Gasteiger partial charge in [0.05, 0.1) is 31.9 Å². The lowest BCUT2D eigenvalue weighted by Gasteiger charge is -2.18. The van der Waals surface area contributed by atoms with Gasteiger partial charge in [-0.25, -0.2) is 20.8 Å². The van der Waals surface area contributed by atoms with E-state index in [0.717, 1.165) is 16.3 Å². The molecule has 1 saturated heterocycles. The molecule has 0 unspecified atom stereocenters. The number of rotatable bonds is 7. The molecule has 5 heterocycles. The Morgan fingerprint density at radius 3 is 2.79 bits per heavy atom. The van der Waals surface area contributed by atoms with Crippen molar-refractivity contribution in [2.24, 2.45) is 5.84 Å². The van der Waals surface area contributed by atoms with Gasteiger partial charge in [-0.1, -0.05) is 0 Å². The smallest absolute Gasteiger partial charge is 0.268 e. The number of anilines is 1. The lowest BCUT2D eigenvalue weighted by molar-refractivity contribution is -0.147. The topological polar surface area (TPSA) is 187 Å². The van der Waals surface area contributed by atoms with Crippen molar-refractivity contribution in [1.29, 1.82) is 0 Å². The van der Waals surface area contributed by atoms with Gasteiger partial charge in [0.2, 0.25) is 0 Å². The monoisotopic (exact) mass is 521 g/mol. The van der Waals surface area contributed by atoms with Gasteiger partial charge < -0.3 is 25.0 Å². The predicted molar refractivity (Wildman–Crippen MR) is 134 cm³/mol. The summed E-state index contributed by atoms with van der Waals surface area (Å²) >= 11 is 0. The van der Waals surface area contributed by atoms with Crippen LogP contribution in [-0.4, -0.2) is 83.1 Å². The number of pyridine rings is 2. The van der Waals surface area contributed by atoms with Gasteiger partial charge in [0.15, 0.2) is 35.1 Å². The first-order valence-electron chi connectivity index (χ1n) is 11.7. The Hall–Kier alpha value is -4.24. The van der Waals surface area contributed by atoms with Crippen LogP contribution in [0.1, 0.15) is 17.5 Å². The van der Waals surface area contributed by atoms with Gasteiger partial charge in [0, 0.05) is 25.0 Å². The Kier molecular flexibility index (Phi) is 6.86. The number of ether oxygens (including phenoxy) is 2. The average molecular weight is 522 g/mol. The molecule has 0 aromatic carbocycles. The maximum absolute atomic E-state index is 12.4. The van der Waals surface area contributed by atoms with Crippen LogP contribution in [-0.2, 0) is 16.1 Å². The zero-order valence-electron chi connectivity index (χ0n) is 20.9. The summed E-state index contributed by atoms with van der Waals surface area (Å²) in [5.41, 5.74) is 3.11. The average Bonchev–Trinajstić information content (AvgIpc) is 3.47. The number of nitrogens with one attached hydrogen (secondary N) is 1. The van der Waals surface area contributed by atoms with Crippen LogP contribution >= 0.6 is 0 Å². The van der Waals surface area contributed by atoms with Gasteiger partial charge in [-0.2, -0.15) is 0 Å². The number of imidazole rings is 1. The van der Waals surface area contributed by atoms with E-state index >= 15 is 0 Å². The molecule has 4 atom stereocenters. The van der Waals surface area contributed by atoms with Gasteiger partial charge in [-0.3, -0.25) is 24.3 Å². The molecule has 1 aliphatic heterocycles. The number of aliphatic hydroxyl groups excluding tert-OH is 2. The van der Waals surface area contributed by atoms with Crippen molar-refractivity contribution in [3.63, 3.8) is 0 Å². The molecule has 14 heteroatoms. The third kappa shape index (κ3) is 4.72. The molecule has 1 aliphatic rings. The quantitative estimate of drug-likeness (QED) is 0.147. The number of aryl methyl sites for hydroxylation is 1. The first-order chi connectivity index (χ1) is 18.3. The third-order valence-electron chi connectivity index (χ3n) is 6.14. The van der Waals surface area contributed by atoms with Crippen molar-refractivity contribution < 1.29 is 24.5 Å². The third-order valence-corrected chi connectivity index (χ3v) is 6.14. The molecule has 14 nitrogen and oxygen atoms in total. The Bertz CT molecular complexity index is 1480. The van der Waals surface area contributed by atoms with Crippen LogP contribution in [0.5, 0.6) is 5.75 Å². The fourth-order valence-electron chi connectivity index (χ4n) is 4.17. The Morgan fingerprint density at radius 2 is 2.05 bits per heavy atom. The summed E-state index contributed by atoms with van der Waals surface area (Å²) in [6, 6.07) is 5.59. The molecule has 0 radical (unpaired) electrons. The highest BCUT2D eigenvalue weighted by molar-refractivity contribution is 5.85. The molecule has 5 rings (SSSR count). The van der Waals surface area contributed by atoms with Crippen LogP contribution < -0.4 is 15.9 Å². The highest BCUT2D eigenvalue weighted by Crippen LogP contribution is 2.34. The van der Waals surface area contributed by atoms with Gasteiger partial charge in [0.25, 0.3) is 5.91 Å². The van der Waals surface area contributed by atoms with Crippen molar-refractivity contribution >= 4 is 22.9 Å². The van der Waals surface area contributed by atoms with E-state index in [0.29, 0.717) is 40.7 Å². The molecular weight excluding hydrogens is 494 g/mol. The molecule has 38 heavy (non-hydrogen) atoms. The van der Waals surface area contributed by atoms with Gasteiger partial charge >= 0.3 is 0 Å². The van der Waals surface area contributed by atoms with E-state index in [4.69, 9.17) is 15.3 Å². The first kappa shape index (κ1) is 25.4. The largest absolute Gasteiger partial charge is 0.495 e. The van der Waals surface area contributed by atoms with Crippen LogP contribution in [0, 0.1) is 6.92 Å². The first-order valence-corrected chi connectivity index (χ1v) is 11.7. The number of carbonyl (C=O) groups excluding carboxylic acids is 1. The molecule has 198 valence electrons. The second kappa shape index (κ2) is 10.3. The van der Waals surface area contributed by atoms with E-state index in [1.165, 1.54) is 25.1 Å². The van der Waals surface area contributed by atoms with E-state index in [9.17, 15) is 15.0 Å². The van der Waals surface area contributed by atoms with Crippen LogP contribution in [0.2, 0.25) is 0 Å². The number of hydrogen-bond donors (Lipinski definition) is 4. The second-order valence-electron chi connectivity index (χ2n) is 8.89. The van der Waals surface area contributed by atoms with E-state index in [1.807, 2.05) is 19.1 Å². The summed E-state index contributed by atoms with van der Waals surface area (Å²) in [5, 5.41) is 25.3. The van der Waals surface area contributed by atoms with Gasteiger partial charge in [0.1, 0.15) is 18.0 Å². The Balaban J connectivity index is 1.58. The number of methoxy groups -OCH3 is 1. The minimum atomic E-state index is -1.51. The minimum Gasteiger partial charge on any atom is -0.495 e. The molecule has 5 N–H and O–H groups in total. The number of amides is 1. The SMILES string of the molecule is COc1cncc(-c2nc(NCc3cc(C)ccn3)c3ncn([C@@H]4O[C@H](C(=O)N(C)N)[C@@H](O)[C@H]4O)c3n2)c1. The predicted octanol–water partition coefficient (Wildman–Crippen LogP) is 0.164. The number of likely N-dealkylation sites (N-methyl/N-ethyl adjacent to an activating group) is 1. The number of nitrogens with zero attached hydrogens (tertiary/aromatic N) is 7. The molecule has 4 aromatic rings. The number of hydrogen-bond acceptors (Lipinski definition) is 12. The normalized spacial score (nSPS) is 21.0. The number of fused-ring (bicyclic) bond motifs is 1. The summed E-state index contributed by atoms with van der Waals surface area (Å²) in [6.07, 6.45) is 0.790. The Labute approximate surface area is 217 Å². The lowest BCUT2D eigenvalue weighted by atomic mass is 10.1. The molecule has 1 amide bonds. The van der Waals surface area contributed by atoms with Gasteiger partial charge in [-0.15, -0.1) is 0 Å². The maximum atomic E-state index is 12.4. The van der Waals surface area contributed by atoms with E-state index in [2.05, 4.69) is 30.2 Å². The fraction of sp³-hybridized carbons (Fsp3) is 0.333. The van der Waals surface area contributed by atoms with Crippen molar-refractivity contribution in [3.05, 3.63) is 54.4 Å². The van der Waals surface area contributed by atoms with Crippen molar-refractivity contribution in [1.82, 2.24) is 34.5 Å². The zero-order valence-corrected chi connectivity index (χ0v) is 20.9. The molecule has 4 aromatic heterocycles. The van der Waals surface area contributed by atoms with Crippen LogP contribution in [0.25, 0.3) is 22.6 Å². The summed E-state index contributed by atoms with van der Waals surface area (Å²) in [5.74, 6) is 6.07. The standard InChI is InChI=1S/C24H27N9O5/c1-12-4-5-27-14(6-12)9-28-21-16-22(31-20(30-21)13-7-15(37-3)10-26-8-13)33(11-29-16)24-18(35)17(34)19(38-24)23(36)32(2)25/h4-8,10-11,17-19,24,34-35H,9,25H2,1-3H3,(H,28,30,31)/t17-,18+,19-,24+/m0/s1. The Morgan fingerprint density at radius 1 is 1.24 bits per heavy atom. The molecule has 1 fully saturated rings. The van der Waals surface area contributed by atoms with Crippen LogP contribution in [0.3, 0.4) is 0 Å². The van der Waals surface area contributed by atoms with E-state index in [1.54, 1.807) is 24.7 Å². The van der Waals surface area contributed by atoms with E-state index in [-0.39, 0.29) is 0 Å². The molecular formula is C24H27N9O5. The summed E-state index contributed by atoms with van der Waals surface area (Å²) in [7, 11) is 2.86. The highest BCUT2D eigenvalue weighted by atomic mass is 16.6. The second-order valence-corrected chi connectivity index (χ2v) is 8.89. The number of carbonyl (C=O) groups is 1. The maximum Gasteiger partial charge on any atom is 0.268 e. The van der Waals surface area contributed by atoms with Crippen molar-refractivity contribution in [3.8, 4) is 17.1 Å². The van der Waals surface area contributed by atoms with E-state index < -0.39 is 30.4 Å². The molecule has 0 bridgehead atoms. The fourth-order valence-corrected chi connectivity index (χ4v) is 4.17. The van der Waals surface area contributed by atoms with Crippen molar-refractivity contribution in [2.45, 2.75) is 38.0 Å². The highest BCUT2D eigenvalue weighted by Gasteiger charge is 2.48. The minimum absolute atomic E-state index is 0.294. The molecule has 0 saturated carbocycles. The molecule has 0 spiro atoms.